The normalized spacial score (nSPS) is 11.0. The van der Waals surface area contributed by atoms with Crippen molar-refractivity contribution in [1.29, 1.82) is 0 Å². The summed E-state index contributed by atoms with van der Waals surface area (Å²) in [5, 5.41) is 20.8. The van der Waals surface area contributed by atoms with E-state index in [2.05, 4.69) is 15.5 Å². The summed E-state index contributed by atoms with van der Waals surface area (Å²) in [6, 6.07) is 1.16. The molecule has 0 bridgehead atoms. The minimum Gasteiger partial charge on any atom is -0.303 e. The van der Waals surface area contributed by atoms with Crippen LogP contribution >= 0.6 is 0 Å². The van der Waals surface area contributed by atoms with Crippen molar-refractivity contribution in [2.45, 2.75) is 20.0 Å². The molecule has 2 aromatic heterocycles. The van der Waals surface area contributed by atoms with E-state index in [0.717, 1.165) is 23.1 Å². The van der Waals surface area contributed by atoms with E-state index in [0.29, 0.717) is 0 Å². The molecule has 158 valence electrons. The third-order valence-electron chi connectivity index (χ3n) is 3.98. The number of anilines is 1. The Morgan fingerprint density at radius 3 is 2.23 bits per heavy atom. The van der Waals surface area contributed by atoms with E-state index < -0.39 is 63.4 Å². The van der Waals surface area contributed by atoms with Gasteiger partial charge in [-0.1, -0.05) is 0 Å². The van der Waals surface area contributed by atoms with Crippen LogP contribution in [0.2, 0.25) is 0 Å². The summed E-state index contributed by atoms with van der Waals surface area (Å²) in [5.74, 6) is -11.6. The maximum atomic E-state index is 13.8. The van der Waals surface area contributed by atoms with Crippen LogP contribution in [0.25, 0.3) is 0 Å². The number of amides is 1. The van der Waals surface area contributed by atoms with Crippen LogP contribution in [-0.2, 0) is 13.1 Å². The Hall–Kier alpha value is -3.84. The number of aromatic nitrogens is 4. The van der Waals surface area contributed by atoms with Crippen molar-refractivity contribution >= 4 is 17.4 Å². The van der Waals surface area contributed by atoms with Gasteiger partial charge < -0.3 is 5.32 Å². The molecule has 0 saturated heterocycles. The lowest BCUT2D eigenvalue weighted by atomic mass is 10.1. The van der Waals surface area contributed by atoms with Gasteiger partial charge in [-0.15, -0.1) is 0 Å². The Morgan fingerprint density at radius 1 is 1.07 bits per heavy atom. The van der Waals surface area contributed by atoms with Gasteiger partial charge in [0.15, 0.2) is 29.1 Å². The first-order chi connectivity index (χ1) is 14.1. The number of hydrogen-bond donors (Lipinski definition) is 1. The van der Waals surface area contributed by atoms with E-state index in [9.17, 15) is 36.9 Å². The van der Waals surface area contributed by atoms with Gasteiger partial charge >= 0.3 is 5.69 Å². The lowest BCUT2D eigenvalue weighted by molar-refractivity contribution is -0.385. The van der Waals surface area contributed by atoms with Gasteiger partial charge in [0.1, 0.15) is 6.20 Å². The quantitative estimate of drug-likeness (QED) is 0.213. The molecule has 0 saturated carbocycles. The Bertz CT molecular complexity index is 1130. The highest BCUT2D eigenvalue weighted by atomic mass is 19.2. The molecule has 0 aliphatic heterocycles. The van der Waals surface area contributed by atoms with Crippen molar-refractivity contribution in [3.05, 3.63) is 68.9 Å². The summed E-state index contributed by atoms with van der Waals surface area (Å²) in [5.41, 5.74) is -2.16. The second-order valence-electron chi connectivity index (χ2n) is 5.88. The van der Waals surface area contributed by atoms with E-state index in [1.54, 1.807) is 6.92 Å². The van der Waals surface area contributed by atoms with E-state index in [1.807, 2.05) is 0 Å². The number of halogens is 5. The summed E-state index contributed by atoms with van der Waals surface area (Å²) in [6.45, 7) is 1.09. The van der Waals surface area contributed by atoms with Crippen LogP contribution in [0.15, 0.2) is 18.5 Å². The molecular weight excluding hydrogens is 419 g/mol. The molecule has 2 heterocycles. The minimum absolute atomic E-state index is 0.191. The van der Waals surface area contributed by atoms with Gasteiger partial charge in [-0.05, 0) is 6.92 Å². The molecule has 1 aromatic carbocycles. The standard InChI is InChI=1S/C16H11F5N6O3/c1-2-25-6-8(27(29)30)15(24-25)16(28)22-9-3-4-26(23-9)5-7-10(17)12(19)14(21)13(20)11(7)18/h3-4,6H,2,5H2,1H3,(H,22,23,28). The third-order valence-corrected chi connectivity index (χ3v) is 3.98. The topological polar surface area (TPSA) is 108 Å². The molecule has 0 radical (unpaired) electrons. The monoisotopic (exact) mass is 430 g/mol. The number of aryl methyl sites for hydroxylation is 1. The first-order valence-electron chi connectivity index (χ1n) is 8.21. The fourth-order valence-electron chi connectivity index (χ4n) is 2.51. The molecule has 14 heteroatoms. The fraction of sp³-hybridized carbons (Fsp3) is 0.188. The van der Waals surface area contributed by atoms with Gasteiger partial charge in [0, 0.05) is 18.8 Å². The molecule has 0 atom stereocenters. The van der Waals surface area contributed by atoms with E-state index in [4.69, 9.17) is 0 Å². The fourth-order valence-corrected chi connectivity index (χ4v) is 2.51. The van der Waals surface area contributed by atoms with Gasteiger partial charge in [0.05, 0.1) is 17.0 Å². The number of benzene rings is 1. The molecule has 30 heavy (non-hydrogen) atoms. The third kappa shape index (κ3) is 3.70. The van der Waals surface area contributed by atoms with Gasteiger partial charge in [0.25, 0.3) is 5.91 Å². The lowest BCUT2D eigenvalue weighted by Crippen LogP contribution is -2.16. The van der Waals surface area contributed by atoms with Gasteiger partial charge in [-0.25, -0.2) is 22.0 Å². The van der Waals surface area contributed by atoms with Crippen LogP contribution in [0.3, 0.4) is 0 Å². The number of nitro groups is 1. The number of rotatable bonds is 6. The summed E-state index contributed by atoms with van der Waals surface area (Å²) >= 11 is 0. The summed E-state index contributed by atoms with van der Waals surface area (Å²) < 4.78 is 69.2. The van der Waals surface area contributed by atoms with Crippen molar-refractivity contribution < 1.29 is 31.7 Å². The van der Waals surface area contributed by atoms with Gasteiger partial charge in [-0.2, -0.15) is 10.2 Å². The predicted molar refractivity (Wildman–Crippen MR) is 90.1 cm³/mol. The summed E-state index contributed by atoms with van der Waals surface area (Å²) in [6.07, 6.45) is 2.17. The maximum absolute atomic E-state index is 13.8. The maximum Gasteiger partial charge on any atom is 0.320 e. The molecule has 0 aliphatic rings. The molecule has 3 rings (SSSR count). The van der Waals surface area contributed by atoms with Crippen LogP contribution < -0.4 is 5.32 Å². The van der Waals surface area contributed by atoms with E-state index in [1.165, 1.54) is 4.68 Å². The number of nitrogens with one attached hydrogen (secondary N) is 1. The number of carbonyl (C=O) groups excluding carboxylic acids is 1. The second-order valence-corrected chi connectivity index (χ2v) is 5.88. The molecule has 1 N–H and O–H groups in total. The Morgan fingerprint density at radius 2 is 1.67 bits per heavy atom. The van der Waals surface area contributed by atoms with E-state index in [-0.39, 0.29) is 12.4 Å². The van der Waals surface area contributed by atoms with Crippen molar-refractivity contribution in [2.75, 3.05) is 5.32 Å². The Kier molecular flexibility index (Phi) is 5.49. The molecular formula is C16H11F5N6O3. The molecule has 9 nitrogen and oxygen atoms in total. The van der Waals surface area contributed by atoms with Crippen LogP contribution in [-0.4, -0.2) is 30.4 Å². The highest BCUT2D eigenvalue weighted by Gasteiger charge is 2.27. The van der Waals surface area contributed by atoms with Crippen molar-refractivity contribution in [2.24, 2.45) is 0 Å². The molecule has 0 unspecified atom stereocenters. The molecule has 1 amide bonds. The zero-order valence-corrected chi connectivity index (χ0v) is 15.0. The zero-order chi connectivity index (χ0) is 22.2. The average molecular weight is 430 g/mol. The highest BCUT2D eigenvalue weighted by Crippen LogP contribution is 2.24. The first-order valence-corrected chi connectivity index (χ1v) is 8.21. The van der Waals surface area contributed by atoms with Gasteiger partial charge in [-0.3, -0.25) is 24.3 Å². The Balaban J connectivity index is 1.83. The largest absolute Gasteiger partial charge is 0.320 e. The predicted octanol–water partition coefficient (Wildman–Crippen LogP) is 3.00. The second kappa shape index (κ2) is 7.88. The zero-order valence-electron chi connectivity index (χ0n) is 15.0. The smallest absolute Gasteiger partial charge is 0.303 e. The van der Waals surface area contributed by atoms with Crippen molar-refractivity contribution in [1.82, 2.24) is 19.6 Å². The minimum atomic E-state index is -2.28. The highest BCUT2D eigenvalue weighted by molar-refractivity contribution is 6.05. The molecule has 0 fully saturated rings. The van der Waals surface area contributed by atoms with Crippen LogP contribution in [0, 0.1) is 39.2 Å². The van der Waals surface area contributed by atoms with Crippen molar-refractivity contribution in [3.8, 4) is 0 Å². The Labute approximate surface area is 163 Å². The number of carbonyl (C=O) groups is 1. The molecule has 0 aliphatic carbocycles. The summed E-state index contributed by atoms with van der Waals surface area (Å²) in [4.78, 5) is 22.5. The lowest BCUT2D eigenvalue weighted by Gasteiger charge is -2.08. The average Bonchev–Trinajstić information content (AvgIpc) is 3.35. The van der Waals surface area contributed by atoms with Crippen molar-refractivity contribution in [3.63, 3.8) is 0 Å². The molecule has 0 spiro atoms. The van der Waals surface area contributed by atoms with Crippen LogP contribution in [0.5, 0.6) is 0 Å². The SMILES string of the molecule is CCn1cc([N+](=O)[O-])c(C(=O)Nc2ccn(Cc3c(F)c(F)c(F)c(F)c3F)n2)n1. The van der Waals surface area contributed by atoms with Gasteiger partial charge in [0.2, 0.25) is 11.5 Å². The molecule has 3 aromatic rings. The van der Waals surface area contributed by atoms with E-state index >= 15 is 0 Å². The number of hydrogen-bond acceptors (Lipinski definition) is 5. The van der Waals surface area contributed by atoms with Crippen LogP contribution in [0.4, 0.5) is 33.5 Å². The first kappa shape index (κ1) is 20.9. The summed E-state index contributed by atoms with van der Waals surface area (Å²) in [7, 11) is 0. The number of nitrogens with zero attached hydrogens (tertiary/aromatic N) is 5. The van der Waals surface area contributed by atoms with Crippen LogP contribution in [0.1, 0.15) is 23.0 Å².